The number of rotatable bonds is 5. The van der Waals surface area contributed by atoms with Crippen LogP contribution in [0.5, 0.6) is 0 Å². The second-order valence-electron chi connectivity index (χ2n) is 6.14. The van der Waals surface area contributed by atoms with Crippen molar-refractivity contribution in [2.75, 3.05) is 35.7 Å². The van der Waals surface area contributed by atoms with Crippen LogP contribution >= 0.6 is 0 Å². The van der Waals surface area contributed by atoms with Crippen molar-refractivity contribution >= 4 is 23.2 Å². The summed E-state index contributed by atoms with van der Waals surface area (Å²) in [5.74, 6) is 3.31. The van der Waals surface area contributed by atoms with Crippen LogP contribution in [0.2, 0.25) is 0 Å². The van der Waals surface area contributed by atoms with E-state index in [0.29, 0.717) is 11.8 Å². The van der Waals surface area contributed by atoms with Crippen LogP contribution in [0.15, 0.2) is 24.8 Å². The molecule has 1 aliphatic rings. The van der Waals surface area contributed by atoms with Gasteiger partial charge in [-0.25, -0.2) is 15.0 Å². The lowest BCUT2D eigenvalue weighted by molar-refractivity contribution is 0.686. The van der Waals surface area contributed by atoms with E-state index in [1.54, 1.807) is 10.8 Å². The number of nitrogens with one attached hydrogen (secondary N) is 2. The molecule has 9 nitrogen and oxygen atoms in total. The van der Waals surface area contributed by atoms with Crippen LogP contribution in [0.25, 0.3) is 5.78 Å². The molecule has 1 saturated heterocycles. The minimum absolute atomic E-state index is 0.367. The summed E-state index contributed by atoms with van der Waals surface area (Å²) in [6.07, 6.45) is 5.40. The number of nitrogens with zero attached hydrogens (tertiary/aromatic N) is 7. The number of aromatic nitrogens is 6. The van der Waals surface area contributed by atoms with E-state index in [1.807, 2.05) is 26.1 Å². The highest BCUT2D eigenvalue weighted by Crippen LogP contribution is 2.25. The Bertz CT molecular complexity index is 875. The molecule has 0 unspecified atom stereocenters. The van der Waals surface area contributed by atoms with Gasteiger partial charge in [0.2, 0.25) is 0 Å². The van der Waals surface area contributed by atoms with Crippen LogP contribution in [0.1, 0.15) is 18.5 Å². The molecule has 4 rings (SSSR count). The highest BCUT2D eigenvalue weighted by Gasteiger charge is 2.26. The largest absolute Gasteiger partial charge is 0.373 e. The zero-order valence-electron chi connectivity index (χ0n) is 14.3. The maximum absolute atomic E-state index is 4.44. The van der Waals surface area contributed by atoms with Crippen molar-refractivity contribution < 1.29 is 0 Å². The van der Waals surface area contributed by atoms with Crippen molar-refractivity contribution in [3.05, 3.63) is 30.5 Å². The summed E-state index contributed by atoms with van der Waals surface area (Å²) in [5.41, 5.74) is 0.917. The van der Waals surface area contributed by atoms with Crippen molar-refractivity contribution in [1.29, 1.82) is 0 Å². The first kappa shape index (κ1) is 15.6. The van der Waals surface area contributed by atoms with Gasteiger partial charge in [0.15, 0.2) is 0 Å². The average Bonchev–Trinajstić information content (AvgIpc) is 3.28. The van der Waals surface area contributed by atoms with Gasteiger partial charge in [0, 0.05) is 44.0 Å². The molecule has 4 heterocycles. The van der Waals surface area contributed by atoms with Gasteiger partial charge < -0.3 is 15.5 Å². The Morgan fingerprint density at radius 3 is 3.00 bits per heavy atom. The summed E-state index contributed by atoms with van der Waals surface area (Å²) in [6, 6.07) is 4.35. The monoisotopic (exact) mass is 339 g/mol. The van der Waals surface area contributed by atoms with Crippen molar-refractivity contribution in [1.82, 2.24) is 29.5 Å². The molecule has 0 spiro atoms. The normalized spacial score (nSPS) is 17.2. The Kier molecular flexibility index (Phi) is 4.04. The molecule has 2 N–H and O–H groups in total. The Hall–Kier alpha value is -2.97. The minimum atomic E-state index is 0.367. The highest BCUT2D eigenvalue weighted by molar-refractivity contribution is 5.50. The van der Waals surface area contributed by atoms with Gasteiger partial charge in [-0.05, 0) is 19.8 Å². The maximum atomic E-state index is 4.44. The molecule has 1 fully saturated rings. The van der Waals surface area contributed by atoms with Crippen molar-refractivity contribution in [3.63, 3.8) is 0 Å². The van der Waals surface area contributed by atoms with E-state index >= 15 is 0 Å². The number of hydrogen-bond acceptors (Lipinski definition) is 8. The molecule has 0 saturated carbocycles. The first-order chi connectivity index (χ1) is 12.2. The van der Waals surface area contributed by atoms with Crippen molar-refractivity contribution in [3.8, 4) is 0 Å². The summed E-state index contributed by atoms with van der Waals surface area (Å²) >= 11 is 0. The van der Waals surface area contributed by atoms with E-state index in [9.17, 15) is 0 Å². The van der Waals surface area contributed by atoms with Gasteiger partial charge in [0.05, 0.1) is 0 Å². The van der Waals surface area contributed by atoms with Crippen LogP contribution in [0.3, 0.4) is 0 Å². The fourth-order valence-corrected chi connectivity index (χ4v) is 3.27. The van der Waals surface area contributed by atoms with E-state index in [4.69, 9.17) is 0 Å². The van der Waals surface area contributed by atoms with Gasteiger partial charge >= 0.3 is 0 Å². The van der Waals surface area contributed by atoms with Gasteiger partial charge in [-0.3, -0.25) is 0 Å². The third-order valence-corrected chi connectivity index (χ3v) is 4.48. The third-order valence-electron chi connectivity index (χ3n) is 4.48. The van der Waals surface area contributed by atoms with Gasteiger partial charge in [-0.2, -0.15) is 14.6 Å². The molecular weight excluding hydrogens is 318 g/mol. The third kappa shape index (κ3) is 3.04. The molecule has 0 aliphatic carbocycles. The Balaban J connectivity index is 1.52. The predicted molar refractivity (Wildman–Crippen MR) is 96.0 cm³/mol. The Labute approximate surface area is 145 Å². The molecule has 0 aromatic carbocycles. The zero-order chi connectivity index (χ0) is 17.2. The van der Waals surface area contributed by atoms with Crippen LogP contribution in [0, 0.1) is 6.92 Å². The fourth-order valence-electron chi connectivity index (χ4n) is 3.27. The lowest BCUT2D eigenvalue weighted by Gasteiger charge is -2.26. The lowest BCUT2D eigenvalue weighted by atomic mass is 10.2. The van der Waals surface area contributed by atoms with Crippen LogP contribution in [0.4, 0.5) is 17.5 Å². The average molecular weight is 339 g/mol. The Morgan fingerprint density at radius 2 is 2.12 bits per heavy atom. The zero-order valence-corrected chi connectivity index (χ0v) is 14.3. The van der Waals surface area contributed by atoms with Crippen LogP contribution in [-0.2, 0) is 0 Å². The Morgan fingerprint density at radius 1 is 1.20 bits per heavy atom. The number of aryl methyl sites for hydroxylation is 1. The molecule has 130 valence electrons. The molecule has 0 amide bonds. The predicted octanol–water partition coefficient (Wildman–Crippen LogP) is 1.35. The summed E-state index contributed by atoms with van der Waals surface area (Å²) < 4.78 is 1.73. The van der Waals surface area contributed by atoms with E-state index in [1.165, 1.54) is 6.33 Å². The molecule has 9 heteroatoms. The summed E-state index contributed by atoms with van der Waals surface area (Å²) in [5, 5.41) is 10.8. The van der Waals surface area contributed by atoms with E-state index < -0.39 is 0 Å². The quantitative estimate of drug-likeness (QED) is 0.719. The minimum Gasteiger partial charge on any atom is -0.373 e. The summed E-state index contributed by atoms with van der Waals surface area (Å²) in [7, 11) is 1.87. The van der Waals surface area contributed by atoms with Crippen LogP contribution in [-0.4, -0.2) is 55.7 Å². The molecule has 0 radical (unpaired) electrons. The second kappa shape index (κ2) is 6.50. The lowest BCUT2D eigenvalue weighted by Crippen LogP contribution is -2.35. The van der Waals surface area contributed by atoms with Gasteiger partial charge in [0.1, 0.15) is 30.1 Å². The van der Waals surface area contributed by atoms with Gasteiger partial charge in [-0.15, -0.1) is 0 Å². The van der Waals surface area contributed by atoms with Crippen molar-refractivity contribution in [2.24, 2.45) is 0 Å². The van der Waals surface area contributed by atoms with E-state index in [2.05, 4.69) is 40.6 Å². The molecule has 1 aliphatic heterocycles. The number of anilines is 3. The standard InChI is InChI=1S/C16H21N9/c1-11-6-15(25-16(23-11)21-10-22-25)18-8-12-4-3-5-24(12)14-7-13(17-2)19-9-20-14/h6-7,9-10,12,18H,3-5,8H2,1-2H3,(H,17,19,20)/t12-/m0/s1. The van der Waals surface area contributed by atoms with Gasteiger partial charge in [0.25, 0.3) is 5.78 Å². The van der Waals surface area contributed by atoms with E-state index in [0.717, 1.165) is 49.1 Å². The molecule has 1 atom stereocenters. The molecular formula is C16H21N9. The smallest absolute Gasteiger partial charge is 0.254 e. The molecule has 0 bridgehead atoms. The first-order valence-electron chi connectivity index (χ1n) is 8.42. The van der Waals surface area contributed by atoms with E-state index in [-0.39, 0.29) is 0 Å². The van der Waals surface area contributed by atoms with Crippen molar-refractivity contribution in [2.45, 2.75) is 25.8 Å². The first-order valence-corrected chi connectivity index (χ1v) is 8.42. The second-order valence-corrected chi connectivity index (χ2v) is 6.14. The van der Waals surface area contributed by atoms with Crippen LogP contribution < -0.4 is 15.5 Å². The number of fused-ring (bicyclic) bond motifs is 1. The topological polar surface area (TPSA) is 96.2 Å². The fraction of sp³-hybridized carbons (Fsp3) is 0.438. The van der Waals surface area contributed by atoms with Gasteiger partial charge in [-0.1, -0.05) is 0 Å². The molecule has 3 aromatic rings. The molecule has 25 heavy (non-hydrogen) atoms. The molecule has 3 aromatic heterocycles. The highest BCUT2D eigenvalue weighted by atomic mass is 15.4. The SMILES string of the molecule is CNc1cc(N2CCC[C@H]2CNc2cc(C)nc3ncnn23)ncn1. The summed E-state index contributed by atoms with van der Waals surface area (Å²) in [4.78, 5) is 19.5. The summed E-state index contributed by atoms with van der Waals surface area (Å²) in [6.45, 7) is 3.76. The maximum Gasteiger partial charge on any atom is 0.254 e. The number of hydrogen-bond donors (Lipinski definition) is 2.